The summed E-state index contributed by atoms with van der Waals surface area (Å²) >= 11 is 3.63. The van der Waals surface area contributed by atoms with Gasteiger partial charge in [-0.05, 0) is 61.3 Å². The van der Waals surface area contributed by atoms with Crippen LogP contribution in [0.1, 0.15) is 33.3 Å². The largest absolute Gasteiger partial charge is 0.395 e. The van der Waals surface area contributed by atoms with Crippen molar-refractivity contribution in [2.45, 2.75) is 39.8 Å². The van der Waals surface area contributed by atoms with Gasteiger partial charge in [0.25, 0.3) is 0 Å². The molecule has 0 aliphatic heterocycles. The van der Waals surface area contributed by atoms with Crippen LogP contribution in [-0.2, 0) is 6.54 Å². The Morgan fingerprint density at radius 1 is 1.32 bits per heavy atom. The molecule has 0 radical (unpaired) electrons. The number of halogens is 1. The van der Waals surface area contributed by atoms with Crippen LogP contribution in [0.3, 0.4) is 0 Å². The molecule has 0 aliphatic rings. The van der Waals surface area contributed by atoms with E-state index in [0.717, 1.165) is 23.2 Å². The fourth-order valence-corrected chi connectivity index (χ4v) is 2.53. The number of benzene rings is 1. The minimum absolute atomic E-state index is 0.123. The fourth-order valence-electron chi connectivity index (χ4n) is 1.85. The second-order valence-corrected chi connectivity index (χ2v) is 6.55. The summed E-state index contributed by atoms with van der Waals surface area (Å²) in [4.78, 5) is 2.16. The first kappa shape index (κ1) is 16.5. The summed E-state index contributed by atoms with van der Waals surface area (Å²) in [6.07, 6.45) is 0. The summed E-state index contributed by atoms with van der Waals surface area (Å²) in [5.41, 5.74) is 2.51. The standard InChI is InChI=1S/C15H25BrN2O/c1-5-18(8-9-19)14-7-6-12(10-13(14)16)11-17-15(2,3)4/h6-7,10,17,19H,5,8-9,11H2,1-4H3. The van der Waals surface area contributed by atoms with E-state index in [0.29, 0.717) is 6.54 Å². The minimum Gasteiger partial charge on any atom is -0.395 e. The lowest BCUT2D eigenvalue weighted by atomic mass is 10.1. The predicted octanol–water partition coefficient (Wildman–Crippen LogP) is 3.16. The van der Waals surface area contributed by atoms with Gasteiger partial charge in [-0.15, -0.1) is 0 Å². The van der Waals surface area contributed by atoms with Gasteiger partial charge in [0.15, 0.2) is 0 Å². The molecule has 2 N–H and O–H groups in total. The van der Waals surface area contributed by atoms with E-state index in [-0.39, 0.29) is 12.1 Å². The van der Waals surface area contributed by atoms with E-state index in [1.807, 2.05) is 0 Å². The molecule has 0 unspecified atom stereocenters. The lowest BCUT2D eigenvalue weighted by molar-refractivity contribution is 0.302. The average Bonchev–Trinajstić information content (AvgIpc) is 2.33. The highest BCUT2D eigenvalue weighted by molar-refractivity contribution is 9.10. The van der Waals surface area contributed by atoms with Crippen molar-refractivity contribution in [2.24, 2.45) is 0 Å². The molecule has 0 fully saturated rings. The van der Waals surface area contributed by atoms with Gasteiger partial charge >= 0.3 is 0 Å². The van der Waals surface area contributed by atoms with Gasteiger partial charge < -0.3 is 15.3 Å². The zero-order chi connectivity index (χ0) is 14.5. The summed E-state index contributed by atoms with van der Waals surface area (Å²) < 4.78 is 1.08. The Bertz CT molecular complexity index is 402. The highest BCUT2D eigenvalue weighted by atomic mass is 79.9. The Labute approximate surface area is 125 Å². The SMILES string of the molecule is CCN(CCO)c1ccc(CNC(C)(C)C)cc1Br. The third-order valence-corrected chi connectivity index (χ3v) is 3.56. The molecule has 0 bridgehead atoms. The van der Waals surface area contributed by atoms with Crippen LogP contribution in [0.25, 0.3) is 0 Å². The van der Waals surface area contributed by atoms with E-state index in [9.17, 15) is 0 Å². The van der Waals surface area contributed by atoms with Gasteiger partial charge in [-0.25, -0.2) is 0 Å². The quantitative estimate of drug-likeness (QED) is 0.842. The van der Waals surface area contributed by atoms with Crippen LogP contribution in [0.2, 0.25) is 0 Å². The van der Waals surface area contributed by atoms with E-state index in [1.54, 1.807) is 0 Å². The van der Waals surface area contributed by atoms with E-state index >= 15 is 0 Å². The van der Waals surface area contributed by atoms with Crippen LogP contribution >= 0.6 is 15.9 Å². The maximum Gasteiger partial charge on any atom is 0.0606 e. The number of anilines is 1. The molecular weight excluding hydrogens is 304 g/mol. The third-order valence-electron chi connectivity index (χ3n) is 2.93. The van der Waals surface area contributed by atoms with Gasteiger partial charge in [0.1, 0.15) is 0 Å². The van der Waals surface area contributed by atoms with Crippen molar-refractivity contribution in [1.29, 1.82) is 0 Å². The Morgan fingerprint density at radius 3 is 2.47 bits per heavy atom. The molecular formula is C15H25BrN2O. The van der Waals surface area contributed by atoms with Crippen LogP contribution in [0.4, 0.5) is 5.69 Å². The van der Waals surface area contributed by atoms with Gasteiger partial charge in [0, 0.05) is 29.6 Å². The van der Waals surface area contributed by atoms with E-state index in [1.165, 1.54) is 5.56 Å². The Balaban J connectivity index is 2.79. The Kier molecular flexibility index (Phi) is 6.30. The molecule has 0 amide bonds. The summed E-state index contributed by atoms with van der Waals surface area (Å²) in [7, 11) is 0. The molecule has 1 aromatic rings. The van der Waals surface area contributed by atoms with Crippen LogP contribution in [0.15, 0.2) is 22.7 Å². The summed E-state index contributed by atoms with van der Waals surface area (Å²) in [6, 6.07) is 6.40. The van der Waals surface area contributed by atoms with Gasteiger partial charge in [0.05, 0.1) is 12.3 Å². The Hall–Kier alpha value is -0.580. The first-order valence-electron chi connectivity index (χ1n) is 6.76. The Morgan fingerprint density at radius 2 is 2.00 bits per heavy atom. The van der Waals surface area contributed by atoms with Gasteiger partial charge in [-0.2, -0.15) is 0 Å². The molecule has 108 valence electrons. The van der Waals surface area contributed by atoms with Crippen molar-refractivity contribution in [3.05, 3.63) is 28.2 Å². The number of hydrogen-bond acceptors (Lipinski definition) is 3. The molecule has 0 atom stereocenters. The van der Waals surface area contributed by atoms with Crippen molar-refractivity contribution < 1.29 is 5.11 Å². The smallest absolute Gasteiger partial charge is 0.0606 e. The molecule has 0 saturated carbocycles. The summed E-state index contributed by atoms with van der Waals surface area (Å²) in [5, 5.41) is 12.6. The zero-order valence-corrected chi connectivity index (χ0v) is 13.9. The van der Waals surface area contributed by atoms with Gasteiger partial charge in [-0.3, -0.25) is 0 Å². The molecule has 1 aromatic carbocycles. The number of hydrogen-bond donors (Lipinski definition) is 2. The van der Waals surface area contributed by atoms with Crippen LogP contribution in [0, 0.1) is 0 Å². The number of aliphatic hydroxyl groups excluding tert-OH is 1. The molecule has 4 heteroatoms. The molecule has 3 nitrogen and oxygen atoms in total. The number of rotatable bonds is 6. The molecule has 0 aromatic heterocycles. The zero-order valence-electron chi connectivity index (χ0n) is 12.3. The molecule has 0 saturated heterocycles. The van der Waals surface area contributed by atoms with Crippen LogP contribution < -0.4 is 10.2 Å². The van der Waals surface area contributed by atoms with Gasteiger partial charge in [0.2, 0.25) is 0 Å². The van der Waals surface area contributed by atoms with E-state index < -0.39 is 0 Å². The molecule has 1 rings (SSSR count). The van der Waals surface area contributed by atoms with E-state index in [2.05, 4.69) is 72.0 Å². The lowest BCUT2D eigenvalue weighted by Gasteiger charge is -2.24. The first-order valence-corrected chi connectivity index (χ1v) is 7.56. The second kappa shape index (κ2) is 7.27. The normalized spacial score (nSPS) is 11.7. The van der Waals surface area contributed by atoms with Crippen molar-refractivity contribution >= 4 is 21.6 Å². The van der Waals surface area contributed by atoms with Crippen LogP contribution in [-0.4, -0.2) is 30.3 Å². The first-order chi connectivity index (χ1) is 8.87. The van der Waals surface area contributed by atoms with E-state index in [4.69, 9.17) is 5.11 Å². The fraction of sp³-hybridized carbons (Fsp3) is 0.600. The maximum atomic E-state index is 9.08. The number of aliphatic hydroxyl groups is 1. The van der Waals surface area contributed by atoms with Crippen molar-refractivity contribution in [3.8, 4) is 0 Å². The van der Waals surface area contributed by atoms with Crippen molar-refractivity contribution in [2.75, 3.05) is 24.6 Å². The minimum atomic E-state index is 0.123. The molecule has 0 spiro atoms. The summed E-state index contributed by atoms with van der Waals surface area (Å²) in [5.74, 6) is 0. The molecule has 0 aliphatic carbocycles. The second-order valence-electron chi connectivity index (χ2n) is 5.69. The lowest BCUT2D eigenvalue weighted by Crippen LogP contribution is -2.35. The number of nitrogens with one attached hydrogen (secondary N) is 1. The van der Waals surface area contributed by atoms with Crippen LogP contribution in [0.5, 0.6) is 0 Å². The highest BCUT2D eigenvalue weighted by Gasteiger charge is 2.11. The third kappa shape index (κ3) is 5.51. The topological polar surface area (TPSA) is 35.5 Å². The van der Waals surface area contributed by atoms with Crippen molar-refractivity contribution in [3.63, 3.8) is 0 Å². The summed E-state index contributed by atoms with van der Waals surface area (Å²) in [6.45, 7) is 11.2. The maximum absolute atomic E-state index is 9.08. The van der Waals surface area contributed by atoms with Gasteiger partial charge in [-0.1, -0.05) is 6.07 Å². The monoisotopic (exact) mass is 328 g/mol. The molecule has 19 heavy (non-hydrogen) atoms. The number of likely N-dealkylation sites (N-methyl/N-ethyl adjacent to an activating group) is 1. The highest BCUT2D eigenvalue weighted by Crippen LogP contribution is 2.27. The van der Waals surface area contributed by atoms with Crippen molar-refractivity contribution in [1.82, 2.24) is 5.32 Å². The molecule has 0 heterocycles. The predicted molar refractivity (Wildman–Crippen MR) is 85.7 cm³/mol. The number of nitrogens with zero attached hydrogens (tertiary/aromatic N) is 1. The average molecular weight is 329 g/mol.